The average molecular weight is 311 g/mol. The maximum atomic E-state index is 10.8. The van der Waals surface area contributed by atoms with Crippen LogP contribution in [0.15, 0.2) is 12.2 Å². The van der Waals surface area contributed by atoms with Gasteiger partial charge in [-0.3, -0.25) is 0 Å². The minimum Gasteiger partial charge on any atom is -0.478 e. The predicted molar refractivity (Wildman–Crippen MR) is 96.3 cm³/mol. The Hall–Kier alpha value is -0.790. The van der Waals surface area contributed by atoms with E-state index in [2.05, 4.69) is 20.4 Å². The Morgan fingerprint density at radius 1 is 0.818 bits per heavy atom. The van der Waals surface area contributed by atoms with Crippen LogP contribution in [-0.4, -0.2) is 11.1 Å². The molecule has 2 nitrogen and oxygen atoms in total. The standard InChI is InChI=1S/C20H38O2/c1-4-6-8-9-10-11-12-16-19(15-7-5-2)17-13-14-18(3)20(21)22/h19H,3-17H2,1-2H3,(H,21,22). The van der Waals surface area contributed by atoms with E-state index < -0.39 is 5.97 Å². The van der Waals surface area contributed by atoms with Crippen LogP contribution in [0, 0.1) is 5.92 Å². The molecule has 0 saturated carbocycles. The first-order valence-electron chi connectivity index (χ1n) is 9.52. The largest absolute Gasteiger partial charge is 0.478 e. The van der Waals surface area contributed by atoms with Crippen LogP contribution in [0.4, 0.5) is 0 Å². The maximum absolute atomic E-state index is 10.8. The zero-order valence-corrected chi connectivity index (χ0v) is 15.0. The minimum atomic E-state index is -0.836. The molecule has 0 heterocycles. The third-order valence-corrected chi connectivity index (χ3v) is 4.58. The van der Waals surface area contributed by atoms with Crippen LogP contribution in [0.2, 0.25) is 0 Å². The molecule has 0 aliphatic heterocycles. The Balaban J connectivity index is 3.77. The summed E-state index contributed by atoms with van der Waals surface area (Å²) < 4.78 is 0. The molecular weight excluding hydrogens is 272 g/mol. The molecule has 0 bridgehead atoms. The van der Waals surface area contributed by atoms with Gasteiger partial charge in [0.05, 0.1) is 0 Å². The average Bonchev–Trinajstić information content (AvgIpc) is 2.50. The molecule has 0 amide bonds. The van der Waals surface area contributed by atoms with Crippen LogP contribution in [0.25, 0.3) is 0 Å². The quantitative estimate of drug-likeness (QED) is 0.253. The normalized spacial score (nSPS) is 12.3. The van der Waals surface area contributed by atoms with Gasteiger partial charge < -0.3 is 5.11 Å². The summed E-state index contributed by atoms with van der Waals surface area (Å²) in [6.45, 7) is 8.13. The number of rotatable bonds is 16. The summed E-state index contributed by atoms with van der Waals surface area (Å²) >= 11 is 0. The van der Waals surface area contributed by atoms with Gasteiger partial charge in [0, 0.05) is 5.57 Å². The van der Waals surface area contributed by atoms with E-state index in [0.29, 0.717) is 12.0 Å². The molecule has 0 aromatic carbocycles. The predicted octanol–water partition coefficient (Wildman–Crippen LogP) is 6.74. The number of carbonyl (C=O) groups is 1. The number of unbranched alkanes of at least 4 members (excludes halogenated alkanes) is 7. The van der Waals surface area contributed by atoms with E-state index in [1.54, 1.807) is 0 Å². The van der Waals surface area contributed by atoms with Crippen molar-refractivity contribution in [1.29, 1.82) is 0 Å². The third kappa shape index (κ3) is 12.9. The second kappa shape index (κ2) is 15.1. The summed E-state index contributed by atoms with van der Waals surface area (Å²) in [7, 11) is 0. The van der Waals surface area contributed by atoms with E-state index in [-0.39, 0.29) is 0 Å². The summed E-state index contributed by atoms with van der Waals surface area (Å²) in [5, 5.41) is 8.85. The van der Waals surface area contributed by atoms with Crippen LogP contribution < -0.4 is 0 Å². The van der Waals surface area contributed by atoms with E-state index in [1.807, 2.05) is 0 Å². The smallest absolute Gasteiger partial charge is 0.330 e. The fraction of sp³-hybridized carbons (Fsp3) is 0.850. The Morgan fingerprint density at radius 2 is 1.32 bits per heavy atom. The summed E-state index contributed by atoms with van der Waals surface area (Å²) in [4.78, 5) is 10.8. The Kier molecular flexibility index (Phi) is 14.6. The van der Waals surface area contributed by atoms with Gasteiger partial charge in [-0.2, -0.15) is 0 Å². The first kappa shape index (κ1) is 21.2. The molecule has 0 aliphatic carbocycles. The highest BCUT2D eigenvalue weighted by molar-refractivity contribution is 5.85. The molecule has 0 spiro atoms. The van der Waals surface area contributed by atoms with Gasteiger partial charge in [-0.15, -0.1) is 0 Å². The lowest BCUT2D eigenvalue weighted by molar-refractivity contribution is -0.132. The molecule has 1 unspecified atom stereocenters. The molecule has 0 radical (unpaired) electrons. The Morgan fingerprint density at radius 3 is 1.91 bits per heavy atom. The fourth-order valence-electron chi connectivity index (χ4n) is 3.03. The van der Waals surface area contributed by atoms with E-state index in [1.165, 1.54) is 77.0 Å². The molecule has 0 rings (SSSR count). The third-order valence-electron chi connectivity index (χ3n) is 4.58. The summed E-state index contributed by atoms with van der Waals surface area (Å²) in [6, 6.07) is 0. The van der Waals surface area contributed by atoms with Crippen molar-refractivity contribution in [3.05, 3.63) is 12.2 Å². The number of hydrogen-bond donors (Lipinski definition) is 1. The van der Waals surface area contributed by atoms with Gasteiger partial charge in [-0.25, -0.2) is 4.79 Å². The molecular formula is C20H38O2. The molecule has 1 atom stereocenters. The van der Waals surface area contributed by atoms with Gasteiger partial charge in [0.2, 0.25) is 0 Å². The summed E-state index contributed by atoms with van der Waals surface area (Å²) in [6.07, 6.45) is 17.6. The van der Waals surface area contributed by atoms with Gasteiger partial charge in [0.15, 0.2) is 0 Å². The first-order valence-corrected chi connectivity index (χ1v) is 9.52. The highest BCUT2D eigenvalue weighted by atomic mass is 16.4. The van der Waals surface area contributed by atoms with Crippen LogP contribution in [0.5, 0.6) is 0 Å². The van der Waals surface area contributed by atoms with Gasteiger partial charge >= 0.3 is 5.97 Å². The van der Waals surface area contributed by atoms with Gasteiger partial charge in [-0.1, -0.05) is 97.5 Å². The minimum absolute atomic E-state index is 0.366. The van der Waals surface area contributed by atoms with Crippen molar-refractivity contribution >= 4 is 5.97 Å². The van der Waals surface area contributed by atoms with Crippen LogP contribution >= 0.6 is 0 Å². The molecule has 0 saturated heterocycles. The van der Waals surface area contributed by atoms with Crippen LogP contribution in [0.1, 0.15) is 104 Å². The molecule has 130 valence electrons. The number of aliphatic carboxylic acids is 1. The topological polar surface area (TPSA) is 37.3 Å². The van der Waals surface area contributed by atoms with Crippen molar-refractivity contribution < 1.29 is 9.90 Å². The second-order valence-corrected chi connectivity index (χ2v) is 6.72. The van der Waals surface area contributed by atoms with E-state index in [9.17, 15) is 4.79 Å². The highest BCUT2D eigenvalue weighted by Gasteiger charge is 2.10. The molecule has 0 aromatic heterocycles. The van der Waals surface area contributed by atoms with E-state index >= 15 is 0 Å². The van der Waals surface area contributed by atoms with Gasteiger partial charge in [0.25, 0.3) is 0 Å². The zero-order chi connectivity index (χ0) is 16.6. The summed E-state index contributed by atoms with van der Waals surface area (Å²) in [5.41, 5.74) is 0.366. The van der Waals surface area contributed by atoms with Crippen molar-refractivity contribution in [2.24, 2.45) is 5.92 Å². The lowest BCUT2D eigenvalue weighted by Gasteiger charge is -2.16. The molecule has 0 aliphatic rings. The van der Waals surface area contributed by atoms with Gasteiger partial charge in [0.1, 0.15) is 0 Å². The maximum Gasteiger partial charge on any atom is 0.330 e. The fourth-order valence-corrected chi connectivity index (χ4v) is 3.03. The zero-order valence-electron chi connectivity index (χ0n) is 15.0. The van der Waals surface area contributed by atoms with Crippen molar-refractivity contribution in [3.8, 4) is 0 Å². The number of hydrogen-bond acceptors (Lipinski definition) is 1. The van der Waals surface area contributed by atoms with E-state index in [4.69, 9.17) is 5.11 Å². The van der Waals surface area contributed by atoms with E-state index in [0.717, 1.165) is 12.3 Å². The molecule has 2 heteroatoms. The first-order chi connectivity index (χ1) is 10.6. The highest BCUT2D eigenvalue weighted by Crippen LogP contribution is 2.24. The monoisotopic (exact) mass is 310 g/mol. The molecule has 0 aromatic rings. The molecule has 1 N–H and O–H groups in total. The summed E-state index contributed by atoms with van der Waals surface area (Å²) in [5.74, 6) is -0.0469. The lowest BCUT2D eigenvalue weighted by atomic mass is 9.90. The lowest BCUT2D eigenvalue weighted by Crippen LogP contribution is -2.03. The Bertz CT molecular complexity index is 283. The van der Waals surface area contributed by atoms with Crippen LogP contribution in [-0.2, 0) is 4.79 Å². The Labute approximate surface area is 138 Å². The molecule has 22 heavy (non-hydrogen) atoms. The number of carboxylic acid groups (broad SMARTS) is 1. The van der Waals surface area contributed by atoms with Gasteiger partial charge in [-0.05, 0) is 18.8 Å². The van der Waals surface area contributed by atoms with Crippen molar-refractivity contribution in [2.75, 3.05) is 0 Å². The SMILES string of the molecule is C=C(CCCC(CCCC)CCCCCCCCC)C(=O)O. The van der Waals surface area contributed by atoms with Crippen molar-refractivity contribution in [3.63, 3.8) is 0 Å². The molecule has 0 fully saturated rings. The second-order valence-electron chi connectivity index (χ2n) is 6.72. The van der Waals surface area contributed by atoms with Crippen molar-refractivity contribution in [2.45, 2.75) is 104 Å². The number of carboxylic acids is 1. The van der Waals surface area contributed by atoms with Crippen molar-refractivity contribution in [1.82, 2.24) is 0 Å². The van der Waals surface area contributed by atoms with Crippen LogP contribution in [0.3, 0.4) is 0 Å².